The summed E-state index contributed by atoms with van der Waals surface area (Å²) in [6.07, 6.45) is 0. The van der Waals surface area contributed by atoms with Gasteiger partial charge in [-0.2, -0.15) is 0 Å². The SMILES string of the molecule is CC(=O)Nc1ccc(NC(=O)c2cc(C)n(-c3ccc(F)cc3)c2C)cc1. The molecule has 2 aromatic carbocycles. The van der Waals surface area contributed by atoms with Crippen molar-refractivity contribution in [1.29, 1.82) is 0 Å². The number of carbonyl (C=O) groups is 2. The molecule has 0 saturated heterocycles. The number of anilines is 2. The normalized spacial score (nSPS) is 10.5. The van der Waals surface area contributed by atoms with Crippen LogP contribution in [0.5, 0.6) is 0 Å². The van der Waals surface area contributed by atoms with E-state index in [4.69, 9.17) is 0 Å². The lowest BCUT2D eigenvalue weighted by molar-refractivity contribution is -0.114. The van der Waals surface area contributed by atoms with Crippen LogP contribution in [-0.4, -0.2) is 16.4 Å². The van der Waals surface area contributed by atoms with E-state index < -0.39 is 0 Å². The first kappa shape index (κ1) is 18.4. The van der Waals surface area contributed by atoms with Crippen LogP contribution in [0.3, 0.4) is 0 Å². The van der Waals surface area contributed by atoms with Crippen molar-refractivity contribution in [2.75, 3.05) is 10.6 Å². The van der Waals surface area contributed by atoms with Crippen molar-refractivity contribution in [1.82, 2.24) is 4.57 Å². The van der Waals surface area contributed by atoms with Gasteiger partial charge in [-0.05, 0) is 68.4 Å². The predicted octanol–water partition coefficient (Wildman–Crippen LogP) is 4.44. The van der Waals surface area contributed by atoms with Crippen molar-refractivity contribution < 1.29 is 14.0 Å². The number of rotatable bonds is 4. The molecule has 0 aliphatic carbocycles. The van der Waals surface area contributed by atoms with Crippen LogP contribution in [0, 0.1) is 19.7 Å². The summed E-state index contributed by atoms with van der Waals surface area (Å²) < 4.78 is 15.1. The fraction of sp³-hybridized carbons (Fsp3) is 0.143. The second-order valence-corrected chi connectivity index (χ2v) is 6.31. The van der Waals surface area contributed by atoms with Gasteiger partial charge in [0, 0.05) is 35.4 Å². The van der Waals surface area contributed by atoms with Gasteiger partial charge in [-0.25, -0.2) is 4.39 Å². The number of hydrogen-bond donors (Lipinski definition) is 2. The average molecular weight is 365 g/mol. The van der Waals surface area contributed by atoms with Crippen molar-refractivity contribution in [2.24, 2.45) is 0 Å². The minimum atomic E-state index is -0.304. The largest absolute Gasteiger partial charge is 0.326 e. The van der Waals surface area contributed by atoms with Crippen molar-refractivity contribution in [2.45, 2.75) is 20.8 Å². The molecule has 0 atom stereocenters. The third-order valence-electron chi connectivity index (χ3n) is 4.22. The highest BCUT2D eigenvalue weighted by molar-refractivity contribution is 6.05. The second-order valence-electron chi connectivity index (χ2n) is 6.31. The Balaban J connectivity index is 1.82. The van der Waals surface area contributed by atoms with Crippen molar-refractivity contribution in [3.05, 3.63) is 77.4 Å². The van der Waals surface area contributed by atoms with Gasteiger partial charge in [-0.1, -0.05) is 0 Å². The van der Waals surface area contributed by atoms with Crippen LogP contribution in [0.15, 0.2) is 54.6 Å². The lowest BCUT2D eigenvalue weighted by Gasteiger charge is -2.10. The Bertz CT molecular complexity index is 990. The zero-order valence-corrected chi connectivity index (χ0v) is 15.3. The number of nitrogens with zero attached hydrogens (tertiary/aromatic N) is 1. The molecule has 0 aliphatic heterocycles. The Morgan fingerprint density at radius 1 is 0.889 bits per heavy atom. The number of aromatic nitrogens is 1. The maximum Gasteiger partial charge on any atom is 0.257 e. The summed E-state index contributed by atoms with van der Waals surface area (Å²) in [4.78, 5) is 23.8. The average Bonchev–Trinajstić information content (AvgIpc) is 2.92. The van der Waals surface area contributed by atoms with Gasteiger partial charge < -0.3 is 15.2 Å². The smallest absolute Gasteiger partial charge is 0.257 e. The van der Waals surface area contributed by atoms with E-state index in [1.165, 1.54) is 19.1 Å². The highest BCUT2D eigenvalue weighted by atomic mass is 19.1. The minimum absolute atomic E-state index is 0.153. The third kappa shape index (κ3) is 4.06. The number of hydrogen-bond acceptors (Lipinski definition) is 2. The molecule has 0 saturated carbocycles. The molecule has 0 aliphatic rings. The fourth-order valence-electron chi connectivity index (χ4n) is 3.02. The van der Waals surface area contributed by atoms with Gasteiger partial charge in [0.1, 0.15) is 5.82 Å². The highest BCUT2D eigenvalue weighted by Gasteiger charge is 2.17. The van der Waals surface area contributed by atoms with Crippen molar-refractivity contribution in [3.8, 4) is 5.69 Å². The summed E-state index contributed by atoms with van der Waals surface area (Å²) in [7, 11) is 0. The molecule has 0 unspecified atom stereocenters. The molecule has 3 aromatic rings. The van der Waals surface area contributed by atoms with Gasteiger partial charge in [0.15, 0.2) is 0 Å². The van der Waals surface area contributed by atoms with Gasteiger partial charge in [-0.3, -0.25) is 9.59 Å². The van der Waals surface area contributed by atoms with Crippen LogP contribution in [0.25, 0.3) is 5.69 Å². The first-order valence-electron chi connectivity index (χ1n) is 8.49. The lowest BCUT2D eigenvalue weighted by atomic mass is 10.2. The van der Waals surface area contributed by atoms with E-state index in [2.05, 4.69) is 10.6 Å². The minimum Gasteiger partial charge on any atom is -0.326 e. The molecular formula is C21H20FN3O2. The zero-order valence-electron chi connectivity index (χ0n) is 15.3. The van der Waals surface area contributed by atoms with Gasteiger partial charge in [0.2, 0.25) is 5.91 Å². The predicted molar refractivity (Wildman–Crippen MR) is 104 cm³/mol. The Morgan fingerprint density at radius 3 is 2.00 bits per heavy atom. The number of halogens is 1. The zero-order chi connectivity index (χ0) is 19.6. The van der Waals surface area contributed by atoms with E-state index >= 15 is 0 Å². The topological polar surface area (TPSA) is 63.1 Å². The summed E-state index contributed by atoms with van der Waals surface area (Å²) in [5, 5.41) is 5.53. The van der Waals surface area contributed by atoms with Gasteiger partial charge in [-0.15, -0.1) is 0 Å². The molecule has 2 amide bonds. The number of amides is 2. The van der Waals surface area contributed by atoms with E-state index in [0.717, 1.165) is 17.1 Å². The highest BCUT2D eigenvalue weighted by Crippen LogP contribution is 2.22. The summed E-state index contributed by atoms with van der Waals surface area (Å²) >= 11 is 0. The van der Waals surface area contributed by atoms with E-state index in [9.17, 15) is 14.0 Å². The molecule has 0 fully saturated rings. The summed E-state index contributed by atoms with van der Waals surface area (Å²) in [5.41, 5.74) is 4.28. The summed E-state index contributed by atoms with van der Waals surface area (Å²) in [6, 6.07) is 14.8. The van der Waals surface area contributed by atoms with E-state index in [-0.39, 0.29) is 17.6 Å². The molecule has 27 heavy (non-hydrogen) atoms. The summed E-state index contributed by atoms with van der Waals surface area (Å²) in [5.74, 6) is -0.689. The molecule has 3 rings (SSSR count). The first-order valence-corrected chi connectivity index (χ1v) is 8.49. The summed E-state index contributed by atoms with van der Waals surface area (Å²) in [6.45, 7) is 5.19. The lowest BCUT2D eigenvalue weighted by Crippen LogP contribution is -2.13. The molecule has 0 bridgehead atoms. The Kier molecular flexibility index (Phi) is 5.07. The molecule has 1 heterocycles. The van der Waals surface area contributed by atoms with Crippen LogP contribution in [-0.2, 0) is 4.79 Å². The molecule has 2 N–H and O–H groups in total. The van der Waals surface area contributed by atoms with Crippen LogP contribution in [0.1, 0.15) is 28.7 Å². The maximum absolute atomic E-state index is 13.2. The molecule has 5 nitrogen and oxygen atoms in total. The maximum atomic E-state index is 13.2. The fourth-order valence-corrected chi connectivity index (χ4v) is 3.02. The first-order chi connectivity index (χ1) is 12.8. The number of aryl methyl sites for hydroxylation is 1. The molecule has 0 spiro atoms. The number of carbonyl (C=O) groups excluding carboxylic acids is 2. The van der Waals surface area contributed by atoms with Gasteiger partial charge in [0.05, 0.1) is 5.56 Å². The van der Waals surface area contributed by atoms with Crippen LogP contribution in [0.2, 0.25) is 0 Å². The number of nitrogens with one attached hydrogen (secondary N) is 2. The number of benzene rings is 2. The molecule has 138 valence electrons. The van der Waals surface area contributed by atoms with Crippen LogP contribution < -0.4 is 10.6 Å². The van der Waals surface area contributed by atoms with Gasteiger partial charge in [0.25, 0.3) is 5.91 Å². The van der Waals surface area contributed by atoms with Crippen molar-refractivity contribution >= 4 is 23.2 Å². The quantitative estimate of drug-likeness (QED) is 0.718. The van der Waals surface area contributed by atoms with Crippen LogP contribution in [0.4, 0.5) is 15.8 Å². The molecule has 1 aromatic heterocycles. The van der Waals surface area contributed by atoms with Crippen LogP contribution >= 0.6 is 0 Å². The Labute approximate surface area is 156 Å². The monoisotopic (exact) mass is 365 g/mol. The van der Waals surface area contributed by atoms with E-state index in [0.29, 0.717) is 16.9 Å². The molecule has 6 heteroatoms. The van der Waals surface area contributed by atoms with Crippen molar-refractivity contribution in [3.63, 3.8) is 0 Å². The standard InChI is InChI=1S/C21H20FN3O2/c1-13-12-20(14(2)25(13)19-10-4-16(22)5-11-19)21(27)24-18-8-6-17(7-9-18)23-15(3)26/h4-12H,1-3H3,(H,23,26)(H,24,27). The Morgan fingerprint density at radius 2 is 1.44 bits per heavy atom. The Hall–Kier alpha value is -3.41. The second kappa shape index (κ2) is 7.45. The van der Waals surface area contributed by atoms with E-state index in [1.807, 2.05) is 18.4 Å². The van der Waals surface area contributed by atoms with Gasteiger partial charge >= 0.3 is 0 Å². The molecular weight excluding hydrogens is 345 g/mol. The van der Waals surface area contributed by atoms with E-state index in [1.54, 1.807) is 42.5 Å². The molecule has 0 radical (unpaired) electrons. The third-order valence-corrected chi connectivity index (χ3v) is 4.22.